The number of hydrogen-bond donors (Lipinski definition) is 2. The summed E-state index contributed by atoms with van der Waals surface area (Å²) in [6, 6.07) is 8.81. The third-order valence-corrected chi connectivity index (χ3v) is 4.71. The lowest BCUT2D eigenvalue weighted by molar-refractivity contribution is -0.142. The number of carboxylic acids is 1. The molecule has 0 bridgehead atoms. The summed E-state index contributed by atoms with van der Waals surface area (Å²) in [5.41, 5.74) is 2.79. The zero-order valence-electron chi connectivity index (χ0n) is 11.8. The van der Waals surface area contributed by atoms with E-state index >= 15 is 0 Å². The molecule has 2 fully saturated rings. The van der Waals surface area contributed by atoms with Crippen LogP contribution in [0.4, 0.5) is 0 Å². The van der Waals surface area contributed by atoms with Crippen molar-refractivity contribution < 1.29 is 9.90 Å². The predicted octanol–water partition coefficient (Wildman–Crippen LogP) is 3.15. The van der Waals surface area contributed by atoms with Gasteiger partial charge in [0.25, 0.3) is 0 Å². The minimum atomic E-state index is -0.620. The molecule has 3 rings (SSSR count). The van der Waals surface area contributed by atoms with E-state index in [4.69, 9.17) is 0 Å². The van der Waals surface area contributed by atoms with Crippen molar-refractivity contribution in [3.63, 3.8) is 0 Å². The van der Waals surface area contributed by atoms with Gasteiger partial charge in [-0.2, -0.15) is 0 Å². The standard InChI is InChI=1S/C17H23NO2/c19-17(20)16-6-2-5-15(16)11-18-10-12-3-1-4-14(9-12)13-7-8-13/h1,3-4,9,13,15-16,18H,2,5-8,10-11H2,(H,19,20). The molecule has 20 heavy (non-hydrogen) atoms. The maximum Gasteiger partial charge on any atom is 0.306 e. The van der Waals surface area contributed by atoms with Crippen LogP contribution in [0.2, 0.25) is 0 Å². The van der Waals surface area contributed by atoms with E-state index in [2.05, 4.69) is 29.6 Å². The van der Waals surface area contributed by atoms with Gasteiger partial charge >= 0.3 is 5.97 Å². The van der Waals surface area contributed by atoms with E-state index in [1.54, 1.807) is 0 Å². The number of hydrogen-bond acceptors (Lipinski definition) is 2. The molecule has 0 aromatic heterocycles. The van der Waals surface area contributed by atoms with Crippen LogP contribution < -0.4 is 5.32 Å². The first-order chi connectivity index (χ1) is 9.74. The minimum absolute atomic E-state index is 0.139. The average molecular weight is 273 g/mol. The molecular weight excluding hydrogens is 250 g/mol. The van der Waals surface area contributed by atoms with Gasteiger partial charge in [-0.1, -0.05) is 30.7 Å². The van der Waals surface area contributed by atoms with Crippen molar-refractivity contribution in [2.45, 2.75) is 44.6 Å². The summed E-state index contributed by atoms with van der Waals surface area (Å²) in [5.74, 6) is 0.339. The highest BCUT2D eigenvalue weighted by Gasteiger charge is 2.32. The van der Waals surface area contributed by atoms with Gasteiger partial charge < -0.3 is 10.4 Å². The van der Waals surface area contributed by atoms with E-state index in [9.17, 15) is 9.90 Å². The lowest BCUT2D eigenvalue weighted by atomic mass is 9.96. The third kappa shape index (κ3) is 3.21. The van der Waals surface area contributed by atoms with Crippen LogP contribution in [0.5, 0.6) is 0 Å². The zero-order chi connectivity index (χ0) is 13.9. The third-order valence-electron chi connectivity index (χ3n) is 4.71. The van der Waals surface area contributed by atoms with Crippen LogP contribution in [0.1, 0.15) is 49.1 Å². The molecule has 2 atom stereocenters. The van der Waals surface area contributed by atoms with Crippen molar-refractivity contribution >= 4 is 5.97 Å². The van der Waals surface area contributed by atoms with E-state index in [1.165, 1.54) is 24.0 Å². The van der Waals surface area contributed by atoms with Gasteiger partial charge in [-0.25, -0.2) is 0 Å². The van der Waals surface area contributed by atoms with Gasteiger partial charge in [0, 0.05) is 6.54 Å². The number of carbonyl (C=O) groups is 1. The van der Waals surface area contributed by atoms with Gasteiger partial charge in [0.15, 0.2) is 0 Å². The largest absolute Gasteiger partial charge is 0.481 e. The van der Waals surface area contributed by atoms with Gasteiger partial charge in [0.2, 0.25) is 0 Å². The first-order valence-corrected chi connectivity index (χ1v) is 7.76. The first-order valence-electron chi connectivity index (χ1n) is 7.76. The molecule has 0 saturated heterocycles. The SMILES string of the molecule is O=C(O)C1CCCC1CNCc1cccc(C2CC2)c1. The molecule has 2 unspecified atom stereocenters. The van der Waals surface area contributed by atoms with Crippen molar-refractivity contribution in [2.24, 2.45) is 11.8 Å². The van der Waals surface area contributed by atoms with E-state index in [-0.39, 0.29) is 5.92 Å². The maximum absolute atomic E-state index is 11.1. The highest BCUT2D eigenvalue weighted by Crippen LogP contribution is 2.40. The molecule has 2 aliphatic carbocycles. The Morgan fingerprint density at radius 2 is 2.10 bits per heavy atom. The molecule has 3 heteroatoms. The van der Waals surface area contributed by atoms with E-state index in [0.29, 0.717) is 5.92 Å². The van der Waals surface area contributed by atoms with Crippen molar-refractivity contribution in [2.75, 3.05) is 6.54 Å². The quantitative estimate of drug-likeness (QED) is 0.837. The first kappa shape index (κ1) is 13.6. The zero-order valence-corrected chi connectivity index (χ0v) is 11.8. The molecule has 0 radical (unpaired) electrons. The van der Waals surface area contributed by atoms with Gasteiger partial charge in [-0.15, -0.1) is 0 Å². The van der Waals surface area contributed by atoms with E-state index in [0.717, 1.165) is 38.3 Å². The van der Waals surface area contributed by atoms with Crippen LogP contribution >= 0.6 is 0 Å². The fourth-order valence-electron chi connectivity index (χ4n) is 3.38. The average Bonchev–Trinajstić information content (AvgIpc) is 3.18. The van der Waals surface area contributed by atoms with Crippen molar-refractivity contribution in [3.05, 3.63) is 35.4 Å². The fourth-order valence-corrected chi connectivity index (χ4v) is 3.38. The molecule has 0 spiro atoms. The Morgan fingerprint density at radius 3 is 2.85 bits per heavy atom. The Kier molecular flexibility index (Phi) is 4.06. The normalized spacial score (nSPS) is 25.8. The Balaban J connectivity index is 1.49. The number of nitrogens with one attached hydrogen (secondary N) is 1. The van der Waals surface area contributed by atoms with Gasteiger partial charge in [-0.05, 0) is 55.2 Å². The predicted molar refractivity (Wildman–Crippen MR) is 78.6 cm³/mol. The van der Waals surface area contributed by atoms with Crippen LogP contribution in [-0.2, 0) is 11.3 Å². The van der Waals surface area contributed by atoms with Crippen LogP contribution in [0.15, 0.2) is 24.3 Å². The smallest absolute Gasteiger partial charge is 0.306 e. The minimum Gasteiger partial charge on any atom is -0.481 e. The second-order valence-electron chi connectivity index (χ2n) is 6.29. The second-order valence-corrected chi connectivity index (χ2v) is 6.29. The number of rotatable bonds is 6. The fraction of sp³-hybridized carbons (Fsp3) is 0.588. The topological polar surface area (TPSA) is 49.3 Å². The molecule has 2 saturated carbocycles. The highest BCUT2D eigenvalue weighted by molar-refractivity contribution is 5.70. The summed E-state index contributed by atoms with van der Waals surface area (Å²) in [6.07, 6.45) is 5.61. The Hall–Kier alpha value is -1.35. The van der Waals surface area contributed by atoms with Gasteiger partial charge in [-0.3, -0.25) is 4.79 Å². The van der Waals surface area contributed by atoms with Crippen LogP contribution in [0.25, 0.3) is 0 Å². The Bertz CT molecular complexity index is 482. The van der Waals surface area contributed by atoms with Gasteiger partial charge in [0.05, 0.1) is 5.92 Å². The molecule has 1 aromatic carbocycles. The summed E-state index contributed by atoms with van der Waals surface area (Å²) in [4.78, 5) is 11.1. The number of benzene rings is 1. The second kappa shape index (κ2) is 5.96. The van der Waals surface area contributed by atoms with Crippen molar-refractivity contribution in [1.82, 2.24) is 5.32 Å². The molecule has 0 heterocycles. The maximum atomic E-state index is 11.1. The molecule has 0 amide bonds. The summed E-state index contributed by atoms with van der Waals surface area (Å²) in [7, 11) is 0. The molecule has 108 valence electrons. The highest BCUT2D eigenvalue weighted by atomic mass is 16.4. The molecule has 3 nitrogen and oxygen atoms in total. The van der Waals surface area contributed by atoms with Gasteiger partial charge in [0.1, 0.15) is 0 Å². The molecule has 2 aliphatic rings. The lowest BCUT2D eigenvalue weighted by Gasteiger charge is -2.16. The Labute approximate surface area is 120 Å². The summed E-state index contributed by atoms with van der Waals surface area (Å²) >= 11 is 0. The molecule has 1 aromatic rings. The molecular formula is C17H23NO2. The van der Waals surface area contributed by atoms with Crippen LogP contribution in [-0.4, -0.2) is 17.6 Å². The van der Waals surface area contributed by atoms with Crippen molar-refractivity contribution in [3.8, 4) is 0 Å². The monoisotopic (exact) mass is 273 g/mol. The van der Waals surface area contributed by atoms with E-state index in [1.807, 2.05) is 0 Å². The number of aliphatic carboxylic acids is 1. The van der Waals surface area contributed by atoms with Crippen LogP contribution in [0, 0.1) is 11.8 Å². The summed E-state index contributed by atoms with van der Waals surface area (Å²) in [6.45, 7) is 1.67. The number of carboxylic acid groups (broad SMARTS) is 1. The lowest BCUT2D eigenvalue weighted by Crippen LogP contribution is -2.28. The summed E-state index contributed by atoms with van der Waals surface area (Å²) < 4.78 is 0. The molecule has 0 aliphatic heterocycles. The summed E-state index contributed by atoms with van der Waals surface area (Å²) in [5, 5.41) is 12.6. The molecule has 2 N–H and O–H groups in total. The van der Waals surface area contributed by atoms with Crippen molar-refractivity contribution in [1.29, 1.82) is 0 Å². The Morgan fingerprint density at radius 1 is 1.25 bits per heavy atom. The van der Waals surface area contributed by atoms with Crippen LogP contribution in [0.3, 0.4) is 0 Å². The van der Waals surface area contributed by atoms with E-state index < -0.39 is 5.97 Å².